The van der Waals surface area contributed by atoms with Crippen LogP contribution in [-0.4, -0.2) is 47.2 Å². The number of ether oxygens (including phenoxy) is 2. The first-order chi connectivity index (χ1) is 15.2. The molecule has 1 aromatic heterocycles. The topological polar surface area (TPSA) is 56.6 Å². The molecule has 0 spiro atoms. The van der Waals surface area contributed by atoms with Crippen molar-refractivity contribution in [2.75, 3.05) is 26.8 Å². The summed E-state index contributed by atoms with van der Waals surface area (Å²) in [7, 11) is 1.65. The van der Waals surface area contributed by atoms with Crippen LogP contribution in [0.2, 0.25) is 0 Å². The molecule has 0 unspecified atom stereocenters. The lowest BCUT2D eigenvalue weighted by atomic mass is 10.0. The summed E-state index contributed by atoms with van der Waals surface area (Å²) in [5.41, 5.74) is 3.20. The standard InChI is InChI=1S/C25H29N3O3/c1-30-20-7-4-6-18(16-20)17-24(29)27-13-11-19(12-14-27)28-22-9-3-2-8-21(22)26-25(28)23-10-5-15-31-23/h2-4,6-9,16,19,23H,5,10-15,17H2,1H3/t23-/m1/s1. The lowest BCUT2D eigenvalue weighted by Gasteiger charge is -2.34. The minimum absolute atomic E-state index is 0.0834. The van der Waals surface area contributed by atoms with Crippen LogP contribution >= 0.6 is 0 Å². The van der Waals surface area contributed by atoms with Crippen molar-refractivity contribution in [3.05, 3.63) is 59.9 Å². The van der Waals surface area contributed by atoms with Crippen molar-refractivity contribution in [2.24, 2.45) is 0 Å². The van der Waals surface area contributed by atoms with Crippen LogP contribution in [0, 0.1) is 0 Å². The Morgan fingerprint density at radius 3 is 2.74 bits per heavy atom. The maximum atomic E-state index is 12.9. The maximum Gasteiger partial charge on any atom is 0.226 e. The van der Waals surface area contributed by atoms with Gasteiger partial charge in [0.05, 0.1) is 24.6 Å². The molecule has 2 saturated heterocycles. The smallest absolute Gasteiger partial charge is 0.226 e. The summed E-state index contributed by atoms with van der Waals surface area (Å²) >= 11 is 0. The van der Waals surface area contributed by atoms with Gasteiger partial charge in [0.1, 0.15) is 17.7 Å². The monoisotopic (exact) mass is 419 g/mol. The first-order valence-electron chi connectivity index (χ1n) is 11.2. The zero-order valence-corrected chi connectivity index (χ0v) is 18.0. The third-order valence-electron chi connectivity index (χ3n) is 6.51. The van der Waals surface area contributed by atoms with E-state index in [1.54, 1.807) is 7.11 Å². The summed E-state index contributed by atoms with van der Waals surface area (Å²) in [4.78, 5) is 19.8. The number of nitrogens with zero attached hydrogens (tertiary/aromatic N) is 3. The summed E-state index contributed by atoms with van der Waals surface area (Å²) in [6.45, 7) is 2.35. The number of carbonyl (C=O) groups is 1. The Bertz CT molecular complexity index is 1060. The van der Waals surface area contributed by atoms with Crippen molar-refractivity contribution in [1.82, 2.24) is 14.5 Å². The second-order valence-corrected chi connectivity index (χ2v) is 8.47. The number of rotatable bonds is 5. The zero-order valence-electron chi connectivity index (χ0n) is 18.0. The van der Waals surface area contributed by atoms with Crippen LogP contribution in [0.1, 0.15) is 49.2 Å². The van der Waals surface area contributed by atoms with Crippen LogP contribution in [0.3, 0.4) is 0 Å². The molecule has 2 aromatic carbocycles. The fourth-order valence-corrected chi connectivity index (χ4v) is 4.90. The van der Waals surface area contributed by atoms with Gasteiger partial charge in [-0.15, -0.1) is 0 Å². The minimum Gasteiger partial charge on any atom is -0.497 e. The predicted molar refractivity (Wildman–Crippen MR) is 119 cm³/mol. The molecule has 0 bridgehead atoms. The molecule has 0 saturated carbocycles. The summed E-state index contributed by atoms with van der Waals surface area (Å²) in [5, 5.41) is 0. The van der Waals surface area contributed by atoms with E-state index in [9.17, 15) is 4.79 Å². The van der Waals surface area contributed by atoms with Gasteiger partial charge >= 0.3 is 0 Å². The van der Waals surface area contributed by atoms with Crippen molar-refractivity contribution in [2.45, 2.75) is 44.2 Å². The lowest BCUT2D eigenvalue weighted by molar-refractivity contribution is -0.131. The number of hydrogen-bond donors (Lipinski definition) is 0. The Labute approximate surface area is 182 Å². The van der Waals surface area contributed by atoms with E-state index in [2.05, 4.69) is 22.8 Å². The Morgan fingerprint density at radius 1 is 1.13 bits per heavy atom. The molecule has 2 aliphatic rings. The van der Waals surface area contributed by atoms with Gasteiger partial charge in [-0.25, -0.2) is 4.98 Å². The van der Waals surface area contributed by atoms with Gasteiger partial charge in [0.25, 0.3) is 0 Å². The van der Waals surface area contributed by atoms with E-state index in [-0.39, 0.29) is 12.0 Å². The quantitative estimate of drug-likeness (QED) is 0.619. The summed E-state index contributed by atoms with van der Waals surface area (Å²) < 4.78 is 13.7. The van der Waals surface area contributed by atoms with Crippen LogP contribution in [-0.2, 0) is 16.0 Å². The average molecular weight is 420 g/mol. The van der Waals surface area contributed by atoms with Crippen LogP contribution in [0.25, 0.3) is 11.0 Å². The second-order valence-electron chi connectivity index (χ2n) is 8.47. The molecule has 3 heterocycles. The number of aromatic nitrogens is 2. The number of methoxy groups -OCH3 is 1. The van der Waals surface area contributed by atoms with Crippen molar-refractivity contribution >= 4 is 16.9 Å². The summed E-state index contributed by atoms with van der Waals surface area (Å²) in [5.74, 6) is 2.03. The van der Waals surface area contributed by atoms with Gasteiger partial charge in [-0.1, -0.05) is 24.3 Å². The number of para-hydroxylation sites is 2. The van der Waals surface area contributed by atoms with Crippen molar-refractivity contribution in [1.29, 1.82) is 0 Å². The average Bonchev–Trinajstić information content (AvgIpc) is 3.47. The number of imidazole rings is 1. The van der Waals surface area contributed by atoms with Gasteiger partial charge in [-0.05, 0) is 55.5 Å². The van der Waals surface area contributed by atoms with E-state index < -0.39 is 0 Å². The second kappa shape index (κ2) is 8.71. The molecule has 31 heavy (non-hydrogen) atoms. The van der Waals surface area contributed by atoms with E-state index in [1.807, 2.05) is 35.2 Å². The molecule has 5 rings (SSSR count). The molecule has 6 heteroatoms. The normalized spacial score (nSPS) is 19.8. The molecular weight excluding hydrogens is 390 g/mol. The van der Waals surface area contributed by atoms with Gasteiger partial charge in [-0.2, -0.15) is 0 Å². The zero-order chi connectivity index (χ0) is 21.2. The fourth-order valence-electron chi connectivity index (χ4n) is 4.90. The van der Waals surface area contributed by atoms with E-state index >= 15 is 0 Å². The Balaban J connectivity index is 1.31. The van der Waals surface area contributed by atoms with Gasteiger partial charge in [0.2, 0.25) is 5.91 Å². The van der Waals surface area contributed by atoms with E-state index in [0.29, 0.717) is 12.5 Å². The van der Waals surface area contributed by atoms with Crippen molar-refractivity contribution in [3.63, 3.8) is 0 Å². The molecule has 2 fully saturated rings. The van der Waals surface area contributed by atoms with Crippen LogP contribution in [0.15, 0.2) is 48.5 Å². The Hall–Kier alpha value is -2.86. The Kier molecular flexibility index (Phi) is 5.64. The summed E-state index contributed by atoms with van der Waals surface area (Å²) in [6, 6.07) is 16.5. The molecule has 0 aliphatic carbocycles. The van der Waals surface area contributed by atoms with E-state index in [0.717, 1.165) is 68.0 Å². The number of likely N-dealkylation sites (tertiary alicyclic amines) is 1. The maximum absolute atomic E-state index is 12.9. The van der Waals surface area contributed by atoms with Gasteiger partial charge < -0.3 is 18.9 Å². The van der Waals surface area contributed by atoms with Crippen molar-refractivity contribution in [3.8, 4) is 5.75 Å². The molecule has 162 valence electrons. The van der Waals surface area contributed by atoms with Crippen LogP contribution < -0.4 is 4.74 Å². The van der Waals surface area contributed by atoms with E-state index in [4.69, 9.17) is 14.5 Å². The first-order valence-corrected chi connectivity index (χ1v) is 11.2. The molecule has 0 N–H and O–H groups in total. The highest BCUT2D eigenvalue weighted by molar-refractivity contribution is 5.79. The molecule has 1 atom stereocenters. The van der Waals surface area contributed by atoms with Gasteiger partial charge in [0, 0.05) is 25.7 Å². The van der Waals surface area contributed by atoms with Crippen LogP contribution in [0.4, 0.5) is 0 Å². The van der Waals surface area contributed by atoms with Gasteiger partial charge in [-0.3, -0.25) is 4.79 Å². The molecular formula is C25H29N3O3. The highest BCUT2D eigenvalue weighted by Crippen LogP contribution is 2.35. The molecule has 1 amide bonds. The minimum atomic E-state index is 0.0834. The van der Waals surface area contributed by atoms with Crippen LogP contribution in [0.5, 0.6) is 5.75 Å². The predicted octanol–water partition coefficient (Wildman–Crippen LogP) is 4.30. The molecule has 6 nitrogen and oxygen atoms in total. The molecule has 3 aromatic rings. The highest BCUT2D eigenvalue weighted by atomic mass is 16.5. The number of fused-ring (bicyclic) bond motifs is 1. The third-order valence-corrected chi connectivity index (χ3v) is 6.51. The third kappa shape index (κ3) is 4.04. The summed E-state index contributed by atoms with van der Waals surface area (Å²) in [6.07, 6.45) is 4.48. The van der Waals surface area contributed by atoms with E-state index in [1.165, 1.54) is 5.52 Å². The lowest BCUT2D eigenvalue weighted by Crippen LogP contribution is -2.40. The number of amides is 1. The Morgan fingerprint density at radius 2 is 1.97 bits per heavy atom. The molecule has 0 radical (unpaired) electrons. The first kappa shape index (κ1) is 20.1. The largest absolute Gasteiger partial charge is 0.497 e. The number of carbonyl (C=O) groups excluding carboxylic acids is 1. The fraction of sp³-hybridized carbons (Fsp3) is 0.440. The SMILES string of the molecule is COc1cccc(CC(=O)N2CCC(n3c([C@H]4CCCO4)nc4ccccc43)CC2)c1. The van der Waals surface area contributed by atoms with Crippen molar-refractivity contribution < 1.29 is 14.3 Å². The number of hydrogen-bond acceptors (Lipinski definition) is 4. The number of piperidine rings is 1. The highest BCUT2D eigenvalue weighted by Gasteiger charge is 2.30. The molecule has 2 aliphatic heterocycles. The number of benzene rings is 2. The van der Waals surface area contributed by atoms with Gasteiger partial charge in [0.15, 0.2) is 0 Å².